The fourth-order valence-corrected chi connectivity index (χ4v) is 4.56. The van der Waals surface area contributed by atoms with E-state index in [0.29, 0.717) is 39.1 Å². The first-order valence-corrected chi connectivity index (χ1v) is 12.5. The molecule has 0 aliphatic heterocycles. The van der Waals surface area contributed by atoms with E-state index in [9.17, 15) is 9.59 Å². The van der Waals surface area contributed by atoms with Crippen LogP contribution in [0.5, 0.6) is 5.75 Å². The standard InChI is InChI=1S/C28H23N3O5S/c1-3-22(25(32)31-28-30-21(16-37-28)19-12-6-8-14-23(19)34-2)36-27(33)18-11-5-4-10-17(18)26-29-20-13-7-9-15-24(20)35-26/h4-16,22H,3H2,1-2H3,(H,30,31,32). The maximum absolute atomic E-state index is 13.1. The van der Waals surface area contributed by atoms with Gasteiger partial charge in [-0.2, -0.15) is 0 Å². The Morgan fingerprint density at radius 1 is 0.973 bits per heavy atom. The zero-order valence-corrected chi connectivity index (χ0v) is 21.0. The molecule has 0 fully saturated rings. The molecule has 1 unspecified atom stereocenters. The van der Waals surface area contributed by atoms with Gasteiger partial charge in [0, 0.05) is 10.9 Å². The highest BCUT2D eigenvalue weighted by Crippen LogP contribution is 2.32. The number of esters is 1. The summed E-state index contributed by atoms with van der Waals surface area (Å²) >= 11 is 1.28. The van der Waals surface area contributed by atoms with Crippen molar-refractivity contribution in [2.75, 3.05) is 12.4 Å². The topological polar surface area (TPSA) is 104 Å². The molecule has 1 N–H and O–H groups in total. The number of fused-ring (bicyclic) bond motifs is 1. The number of benzene rings is 3. The highest BCUT2D eigenvalue weighted by atomic mass is 32.1. The third-order valence-electron chi connectivity index (χ3n) is 5.70. The van der Waals surface area contributed by atoms with E-state index in [1.807, 2.05) is 53.9 Å². The summed E-state index contributed by atoms with van der Waals surface area (Å²) in [5, 5.41) is 4.99. The Hall–Kier alpha value is -4.50. The summed E-state index contributed by atoms with van der Waals surface area (Å²) in [5.41, 5.74) is 3.53. The van der Waals surface area contributed by atoms with E-state index in [1.165, 1.54) is 11.3 Å². The summed E-state index contributed by atoms with van der Waals surface area (Å²) in [5.74, 6) is -0.119. The first kappa shape index (κ1) is 24.2. The summed E-state index contributed by atoms with van der Waals surface area (Å²) in [4.78, 5) is 35.1. The second-order valence-corrected chi connectivity index (χ2v) is 8.92. The quantitative estimate of drug-likeness (QED) is 0.246. The molecular weight excluding hydrogens is 490 g/mol. The van der Waals surface area contributed by atoms with Crippen molar-refractivity contribution in [1.82, 2.24) is 9.97 Å². The molecule has 1 amide bonds. The minimum absolute atomic E-state index is 0.257. The first-order valence-electron chi connectivity index (χ1n) is 11.6. The number of aromatic nitrogens is 2. The largest absolute Gasteiger partial charge is 0.496 e. The van der Waals surface area contributed by atoms with Gasteiger partial charge in [0.1, 0.15) is 11.3 Å². The van der Waals surface area contributed by atoms with E-state index < -0.39 is 18.0 Å². The van der Waals surface area contributed by atoms with Gasteiger partial charge in [0.25, 0.3) is 5.91 Å². The van der Waals surface area contributed by atoms with Crippen LogP contribution in [0.1, 0.15) is 23.7 Å². The normalized spacial score (nSPS) is 11.7. The third-order valence-corrected chi connectivity index (χ3v) is 6.46. The van der Waals surface area contributed by atoms with Gasteiger partial charge in [-0.25, -0.2) is 14.8 Å². The number of carbonyl (C=O) groups is 2. The van der Waals surface area contributed by atoms with E-state index in [-0.39, 0.29) is 12.0 Å². The second-order valence-electron chi connectivity index (χ2n) is 8.06. The molecule has 5 aromatic rings. The number of thiazole rings is 1. The second kappa shape index (κ2) is 10.6. The molecule has 2 heterocycles. The Labute approximate surface area is 216 Å². The fraction of sp³-hybridized carbons (Fsp3) is 0.143. The number of oxazole rings is 1. The summed E-state index contributed by atoms with van der Waals surface area (Å²) in [6, 6.07) is 21.7. The number of methoxy groups -OCH3 is 1. The zero-order chi connectivity index (χ0) is 25.8. The Balaban J connectivity index is 1.32. The third kappa shape index (κ3) is 5.07. The van der Waals surface area contributed by atoms with Gasteiger partial charge >= 0.3 is 5.97 Å². The highest BCUT2D eigenvalue weighted by molar-refractivity contribution is 7.14. The van der Waals surface area contributed by atoms with Crippen LogP contribution in [0.25, 0.3) is 33.8 Å². The average molecular weight is 514 g/mol. The van der Waals surface area contributed by atoms with Crippen molar-refractivity contribution in [3.63, 3.8) is 0 Å². The van der Waals surface area contributed by atoms with Crippen LogP contribution in [0.2, 0.25) is 0 Å². The van der Waals surface area contributed by atoms with Gasteiger partial charge in [-0.05, 0) is 42.8 Å². The van der Waals surface area contributed by atoms with E-state index in [1.54, 1.807) is 38.3 Å². The lowest BCUT2D eigenvalue weighted by atomic mass is 10.1. The van der Waals surface area contributed by atoms with Crippen LogP contribution in [-0.2, 0) is 9.53 Å². The molecule has 37 heavy (non-hydrogen) atoms. The number of nitrogens with one attached hydrogen (secondary N) is 1. The van der Waals surface area contributed by atoms with Gasteiger partial charge in [-0.1, -0.05) is 43.3 Å². The monoisotopic (exact) mass is 513 g/mol. The zero-order valence-electron chi connectivity index (χ0n) is 20.1. The number of nitrogens with zero attached hydrogens (tertiary/aromatic N) is 2. The summed E-state index contributed by atoms with van der Waals surface area (Å²) in [6.45, 7) is 1.77. The lowest BCUT2D eigenvalue weighted by Gasteiger charge is -2.16. The Kier molecular flexibility index (Phi) is 6.96. The van der Waals surface area contributed by atoms with Crippen LogP contribution in [-0.4, -0.2) is 35.1 Å². The van der Waals surface area contributed by atoms with Gasteiger partial charge in [-0.15, -0.1) is 11.3 Å². The number of para-hydroxylation sites is 3. The molecule has 0 aliphatic rings. The van der Waals surface area contributed by atoms with Gasteiger partial charge in [-0.3, -0.25) is 10.1 Å². The number of hydrogen-bond acceptors (Lipinski definition) is 8. The van der Waals surface area contributed by atoms with Crippen molar-refractivity contribution < 1.29 is 23.5 Å². The lowest BCUT2D eigenvalue weighted by molar-refractivity contribution is -0.124. The summed E-state index contributed by atoms with van der Waals surface area (Å²) in [7, 11) is 1.59. The lowest BCUT2D eigenvalue weighted by Crippen LogP contribution is -2.32. The minimum atomic E-state index is -1.01. The van der Waals surface area contributed by atoms with E-state index >= 15 is 0 Å². The molecule has 186 valence electrons. The number of rotatable bonds is 8. The van der Waals surface area contributed by atoms with Crippen LogP contribution in [0.4, 0.5) is 5.13 Å². The van der Waals surface area contributed by atoms with E-state index in [2.05, 4.69) is 15.3 Å². The van der Waals surface area contributed by atoms with Crippen LogP contribution in [0.15, 0.2) is 82.6 Å². The van der Waals surface area contributed by atoms with Gasteiger partial charge in [0.05, 0.1) is 23.9 Å². The highest BCUT2D eigenvalue weighted by Gasteiger charge is 2.26. The molecule has 5 rings (SSSR count). The first-order chi connectivity index (χ1) is 18.1. The minimum Gasteiger partial charge on any atom is -0.496 e. The molecule has 0 aliphatic carbocycles. The molecule has 0 bridgehead atoms. The van der Waals surface area contributed by atoms with Gasteiger partial charge in [0.2, 0.25) is 5.89 Å². The molecule has 3 aromatic carbocycles. The SMILES string of the molecule is CCC(OC(=O)c1ccccc1-c1nc2ccccc2o1)C(=O)Nc1nc(-c2ccccc2OC)cs1. The Morgan fingerprint density at radius 3 is 2.49 bits per heavy atom. The molecule has 8 nitrogen and oxygen atoms in total. The van der Waals surface area contributed by atoms with Crippen molar-refractivity contribution in [3.8, 4) is 28.5 Å². The van der Waals surface area contributed by atoms with E-state index in [4.69, 9.17) is 13.9 Å². The number of hydrogen-bond donors (Lipinski definition) is 1. The summed E-state index contributed by atoms with van der Waals surface area (Å²) < 4.78 is 16.9. The number of ether oxygens (including phenoxy) is 2. The maximum atomic E-state index is 13.1. The van der Waals surface area contributed by atoms with Crippen molar-refractivity contribution >= 4 is 39.4 Å². The average Bonchev–Trinajstić information content (AvgIpc) is 3.58. The van der Waals surface area contributed by atoms with Crippen LogP contribution in [0.3, 0.4) is 0 Å². The molecule has 0 spiro atoms. The number of anilines is 1. The molecule has 0 saturated heterocycles. The van der Waals surface area contributed by atoms with Crippen LogP contribution < -0.4 is 10.1 Å². The molecule has 1 atom stereocenters. The molecule has 2 aromatic heterocycles. The van der Waals surface area contributed by atoms with Crippen molar-refractivity contribution in [3.05, 3.63) is 83.7 Å². The van der Waals surface area contributed by atoms with Crippen molar-refractivity contribution in [1.29, 1.82) is 0 Å². The van der Waals surface area contributed by atoms with Crippen LogP contribution in [0, 0.1) is 0 Å². The Bertz CT molecular complexity index is 1540. The molecule has 0 radical (unpaired) electrons. The predicted molar refractivity (Wildman–Crippen MR) is 142 cm³/mol. The number of amides is 1. The fourth-order valence-electron chi connectivity index (χ4n) is 3.85. The predicted octanol–water partition coefficient (Wildman–Crippen LogP) is 6.20. The number of carbonyl (C=O) groups excluding carboxylic acids is 2. The van der Waals surface area contributed by atoms with E-state index in [0.717, 1.165) is 5.56 Å². The van der Waals surface area contributed by atoms with Crippen LogP contribution >= 0.6 is 11.3 Å². The molecule has 9 heteroatoms. The van der Waals surface area contributed by atoms with Gasteiger partial charge < -0.3 is 13.9 Å². The molecule has 0 saturated carbocycles. The smallest absolute Gasteiger partial charge is 0.339 e. The summed E-state index contributed by atoms with van der Waals surface area (Å²) in [6.07, 6.45) is -0.726. The Morgan fingerprint density at radius 2 is 1.70 bits per heavy atom. The van der Waals surface area contributed by atoms with Crippen molar-refractivity contribution in [2.24, 2.45) is 0 Å². The molecular formula is C28H23N3O5S. The van der Waals surface area contributed by atoms with Gasteiger partial charge in [0.15, 0.2) is 16.8 Å². The van der Waals surface area contributed by atoms with Crippen molar-refractivity contribution in [2.45, 2.75) is 19.4 Å². The maximum Gasteiger partial charge on any atom is 0.339 e.